The van der Waals surface area contributed by atoms with E-state index in [1.54, 1.807) is 36.4 Å². The number of methoxy groups -OCH3 is 1. The van der Waals surface area contributed by atoms with Gasteiger partial charge in [0.05, 0.1) is 32.3 Å². The number of carbonyl (C=O) groups is 4. The lowest BCUT2D eigenvalue weighted by atomic mass is 10.1. The molecular weight excluding hydrogens is 556 g/mol. The molecule has 0 fully saturated rings. The van der Waals surface area contributed by atoms with E-state index in [2.05, 4.69) is 17.9 Å². The van der Waals surface area contributed by atoms with Crippen molar-refractivity contribution in [3.63, 3.8) is 0 Å². The molecule has 0 saturated carbocycles. The standard InChI is InChI=1S/C33H32O10/c1-4-30(34)41-21-20-40-28-14-10-26(11-15-28)33(37)43-29-16-8-25(9-17-29)24-6-12-27(13-7-24)39-18-5-19-42-32(36)23(2)22-31(35)38-3/h4,6-17H,1-2,5,18-22H2,3H3. The van der Waals surface area contributed by atoms with Crippen molar-refractivity contribution in [1.82, 2.24) is 0 Å². The van der Waals surface area contributed by atoms with Crippen molar-refractivity contribution >= 4 is 23.9 Å². The number of benzene rings is 3. The van der Waals surface area contributed by atoms with Gasteiger partial charge in [-0.25, -0.2) is 14.4 Å². The van der Waals surface area contributed by atoms with Crippen molar-refractivity contribution in [3.8, 4) is 28.4 Å². The van der Waals surface area contributed by atoms with Crippen LogP contribution >= 0.6 is 0 Å². The summed E-state index contributed by atoms with van der Waals surface area (Å²) in [5.41, 5.74) is 2.26. The maximum absolute atomic E-state index is 12.5. The van der Waals surface area contributed by atoms with Gasteiger partial charge in [0.25, 0.3) is 0 Å². The molecule has 0 saturated heterocycles. The lowest BCUT2D eigenvalue weighted by molar-refractivity contribution is -0.144. The first kappa shape index (κ1) is 32.1. The average molecular weight is 589 g/mol. The highest BCUT2D eigenvalue weighted by molar-refractivity contribution is 5.93. The monoisotopic (exact) mass is 588 g/mol. The van der Waals surface area contributed by atoms with Gasteiger partial charge in [-0.2, -0.15) is 0 Å². The minimum absolute atomic E-state index is 0.0368. The second-order valence-corrected chi connectivity index (χ2v) is 8.88. The van der Waals surface area contributed by atoms with Crippen LogP contribution in [0.3, 0.4) is 0 Å². The predicted molar refractivity (Wildman–Crippen MR) is 157 cm³/mol. The summed E-state index contributed by atoms with van der Waals surface area (Å²) >= 11 is 0. The van der Waals surface area contributed by atoms with Crippen LogP contribution in [-0.4, -0.2) is 57.4 Å². The third-order valence-corrected chi connectivity index (χ3v) is 5.77. The Morgan fingerprint density at radius 1 is 0.698 bits per heavy atom. The highest BCUT2D eigenvalue weighted by Gasteiger charge is 2.13. The molecule has 0 radical (unpaired) electrons. The molecule has 3 rings (SSSR count). The lowest BCUT2D eigenvalue weighted by Crippen LogP contribution is -2.13. The molecule has 0 aliphatic carbocycles. The molecule has 0 aliphatic rings. The van der Waals surface area contributed by atoms with Crippen molar-refractivity contribution in [1.29, 1.82) is 0 Å². The van der Waals surface area contributed by atoms with Crippen molar-refractivity contribution in [2.24, 2.45) is 0 Å². The van der Waals surface area contributed by atoms with Crippen LogP contribution in [-0.2, 0) is 28.6 Å². The molecule has 10 nitrogen and oxygen atoms in total. The molecule has 0 spiro atoms. The molecule has 0 heterocycles. The summed E-state index contributed by atoms with van der Waals surface area (Å²) in [6.45, 7) is 7.56. The molecule has 0 aliphatic heterocycles. The Bertz CT molecular complexity index is 1410. The van der Waals surface area contributed by atoms with Gasteiger partial charge in [0, 0.05) is 18.1 Å². The molecule has 224 valence electrons. The zero-order valence-corrected chi connectivity index (χ0v) is 23.7. The van der Waals surface area contributed by atoms with Crippen LogP contribution in [0.4, 0.5) is 0 Å². The van der Waals surface area contributed by atoms with Gasteiger partial charge in [0.1, 0.15) is 30.5 Å². The molecule has 3 aromatic rings. The van der Waals surface area contributed by atoms with Crippen LogP contribution < -0.4 is 14.2 Å². The third-order valence-electron chi connectivity index (χ3n) is 5.77. The van der Waals surface area contributed by atoms with E-state index < -0.39 is 23.9 Å². The topological polar surface area (TPSA) is 124 Å². The van der Waals surface area contributed by atoms with E-state index in [1.165, 1.54) is 7.11 Å². The number of hydrogen-bond donors (Lipinski definition) is 0. The Morgan fingerprint density at radius 3 is 1.84 bits per heavy atom. The van der Waals surface area contributed by atoms with Gasteiger partial charge in [-0.3, -0.25) is 4.79 Å². The van der Waals surface area contributed by atoms with Crippen LogP contribution in [0.1, 0.15) is 23.2 Å². The van der Waals surface area contributed by atoms with Gasteiger partial charge in [-0.1, -0.05) is 37.4 Å². The third kappa shape index (κ3) is 10.8. The van der Waals surface area contributed by atoms with Crippen LogP contribution in [0.2, 0.25) is 0 Å². The van der Waals surface area contributed by atoms with Crippen molar-refractivity contribution in [3.05, 3.63) is 103 Å². The highest BCUT2D eigenvalue weighted by atomic mass is 16.6. The molecule has 0 bridgehead atoms. The molecule has 3 aromatic carbocycles. The summed E-state index contributed by atoms with van der Waals surface area (Å²) in [7, 11) is 1.23. The second-order valence-electron chi connectivity index (χ2n) is 8.88. The molecule has 0 amide bonds. The van der Waals surface area contributed by atoms with E-state index in [-0.39, 0.29) is 31.8 Å². The quantitative estimate of drug-likeness (QED) is 0.0733. The van der Waals surface area contributed by atoms with Gasteiger partial charge >= 0.3 is 23.9 Å². The minimum Gasteiger partial charge on any atom is -0.493 e. The molecule has 43 heavy (non-hydrogen) atoms. The highest BCUT2D eigenvalue weighted by Crippen LogP contribution is 2.25. The zero-order chi connectivity index (χ0) is 31.0. The summed E-state index contributed by atoms with van der Waals surface area (Å²) in [5.74, 6) is -0.654. The maximum atomic E-state index is 12.5. The summed E-state index contributed by atoms with van der Waals surface area (Å²) in [5, 5.41) is 0. The first-order chi connectivity index (χ1) is 20.8. The SMILES string of the molecule is C=CC(=O)OCCOc1ccc(C(=O)Oc2ccc(-c3ccc(OCCCOC(=O)C(=C)CC(=O)OC)cc3)cc2)cc1. The van der Waals surface area contributed by atoms with E-state index in [0.29, 0.717) is 35.8 Å². The zero-order valence-electron chi connectivity index (χ0n) is 23.7. The molecular formula is C33H32O10. The fourth-order valence-electron chi connectivity index (χ4n) is 3.51. The van der Waals surface area contributed by atoms with E-state index in [0.717, 1.165) is 17.2 Å². The van der Waals surface area contributed by atoms with Gasteiger partial charge in [0.15, 0.2) is 0 Å². The smallest absolute Gasteiger partial charge is 0.343 e. The number of esters is 4. The van der Waals surface area contributed by atoms with Crippen LogP contribution in [0.5, 0.6) is 17.2 Å². The van der Waals surface area contributed by atoms with Crippen molar-refractivity contribution in [2.75, 3.05) is 33.5 Å². The Morgan fingerprint density at radius 2 is 1.26 bits per heavy atom. The molecule has 10 heteroatoms. The summed E-state index contributed by atoms with van der Waals surface area (Å²) in [6, 6.07) is 21.0. The second kappa shape index (κ2) is 16.8. The van der Waals surface area contributed by atoms with Gasteiger partial charge in [-0.15, -0.1) is 0 Å². The van der Waals surface area contributed by atoms with E-state index in [4.69, 9.17) is 23.7 Å². The minimum atomic E-state index is -0.641. The number of rotatable bonds is 16. The fourth-order valence-corrected chi connectivity index (χ4v) is 3.51. The van der Waals surface area contributed by atoms with Gasteiger partial charge in [0.2, 0.25) is 0 Å². The van der Waals surface area contributed by atoms with E-state index >= 15 is 0 Å². The van der Waals surface area contributed by atoms with Gasteiger partial charge < -0.3 is 28.4 Å². The Hall–Kier alpha value is -5.38. The van der Waals surface area contributed by atoms with Crippen LogP contribution in [0, 0.1) is 0 Å². The molecule has 0 N–H and O–H groups in total. The number of carbonyl (C=O) groups excluding carboxylic acids is 4. The molecule has 0 aromatic heterocycles. The summed E-state index contributed by atoms with van der Waals surface area (Å²) < 4.78 is 31.1. The molecule has 0 atom stereocenters. The van der Waals surface area contributed by atoms with Gasteiger partial charge in [-0.05, 0) is 59.7 Å². The summed E-state index contributed by atoms with van der Waals surface area (Å²) in [4.78, 5) is 46.5. The Labute approximate surface area is 249 Å². The Kier molecular flexibility index (Phi) is 12.5. The first-order valence-electron chi connectivity index (χ1n) is 13.3. The lowest BCUT2D eigenvalue weighted by Gasteiger charge is -2.10. The maximum Gasteiger partial charge on any atom is 0.343 e. The average Bonchev–Trinajstić information content (AvgIpc) is 3.03. The van der Waals surface area contributed by atoms with Crippen LogP contribution in [0.15, 0.2) is 97.6 Å². The summed E-state index contributed by atoms with van der Waals surface area (Å²) in [6.07, 6.45) is 1.33. The van der Waals surface area contributed by atoms with Crippen molar-refractivity contribution in [2.45, 2.75) is 12.8 Å². The predicted octanol–water partition coefficient (Wildman–Crippen LogP) is 5.11. The fraction of sp³-hybridized carbons (Fsp3) is 0.212. The molecule has 0 unspecified atom stereocenters. The number of ether oxygens (including phenoxy) is 6. The number of hydrogen-bond acceptors (Lipinski definition) is 10. The first-order valence-corrected chi connectivity index (χ1v) is 13.3. The van der Waals surface area contributed by atoms with E-state index in [1.807, 2.05) is 36.4 Å². The largest absolute Gasteiger partial charge is 0.493 e. The van der Waals surface area contributed by atoms with Crippen molar-refractivity contribution < 1.29 is 47.6 Å². The Balaban J connectivity index is 1.40. The van der Waals surface area contributed by atoms with Crippen LogP contribution in [0.25, 0.3) is 11.1 Å². The normalized spacial score (nSPS) is 10.2. The van der Waals surface area contributed by atoms with E-state index in [9.17, 15) is 19.2 Å².